The molecule has 1 aromatic carbocycles. The molecule has 0 spiro atoms. The summed E-state index contributed by atoms with van der Waals surface area (Å²) in [5.41, 5.74) is -0.155. The Labute approximate surface area is 145 Å². The topological polar surface area (TPSA) is 69.6 Å². The zero-order chi connectivity index (χ0) is 18.2. The number of carboxylic acids is 1. The smallest absolute Gasteiger partial charge is 0.317 e. The van der Waals surface area contributed by atoms with Gasteiger partial charge in [0, 0.05) is 32.1 Å². The van der Waals surface area contributed by atoms with Gasteiger partial charge < -0.3 is 15.3 Å². The molecule has 2 fully saturated rings. The molecule has 1 saturated heterocycles. The van der Waals surface area contributed by atoms with E-state index in [2.05, 4.69) is 5.32 Å². The van der Waals surface area contributed by atoms with E-state index in [-0.39, 0.29) is 30.6 Å². The van der Waals surface area contributed by atoms with Gasteiger partial charge in [0.25, 0.3) is 5.92 Å². The van der Waals surface area contributed by atoms with Gasteiger partial charge in [0.15, 0.2) is 0 Å². The van der Waals surface area contributed by atoms with Gasteiger partial charge in [-0.05, 0) is 24.3 Å². The molecule has 1 aliphatic carbocycles. The molecule has 7 heteroatoms. The summed E-state index contributed by atoms with van der Waals surface area (Å²) in [5, 5.41) is 12.3. The summed E-state index contributed by atoms with van der Waals surface area (Å²) in [6.45, 7) is 1.75. The van der Waals surface area contributed by atoms with E-state index in [1.807, 2.05) is 0 Å². The lowest BCUT2D eigenvalue weighted by Gasteiger charge is -2.23. The Balaban J connectivity index is 1.58. The number of aliphatic carboxylic acids is 1. The second kappa shape index (κ2) is 6.28. The van der Waals surface area contributed by atoms with E-state index in [1.165, 1.54) is 12.1 Å². The molecule has 1 aliphatic heterocycles. The zero-order valence-corrected chi connectivity index (χ0v) is 14.1. The molecule has 1 heterocycles. The van der Waals surface area contributed by atoms with Crippen molar-refractivity contribution in [3.8, 4) is 0 Å². The van der Waals surface area contributed by atoms with Crippen molar-refractivity contribution in [3.05, 3.63) is 35.4 Å². The number of hydrogen-bond donors (Lipinski definition) is 2. The molecule has 136 valence electrons. The monoisotopic (exact) mass is 352 g/mol. The van der Waals surface area contributed by atoms with Gasteiger partial charge in [0.1, 0.15) is 0 Å². The van der Waals surface area contributed by atoms with Gasteiger partial charge in [-0.3, -0.25) is 4.79 Å². The maximum atomic E-state index is 13.2. The van der Waals surface area contributed by atoms with E-state index in [4.69, 9.17) is 0 Å². The summed E-state index contributed by atoms with van der Waals surface area (Å²) in [7, 11) is 0. The quantitative estimate of drug-likeness (QED) is 0.874. The summed E-state index contributed by atoms with van der Waals surface area (Å²) in [4.78, 5) is 25.6. The summed E-state index contributed by atoms with van der Waals surface area (Å²) >= 11 is 0. The molecule has 3 rings (SSSR count). The SMILES string of the molecule is CC(F)(F)c1ccc(CNC(=O)N2C[C@@H]3CCC[C@@]3(C(=O)O)C2)cc1. The molecule has 5 nitrogen and oxygen atoms in total. The standard InChI is InChI=1S/C18H22F2N2O3/c1-17(19,20)13-6-4-12(5-7-13)9-21-16(25)22-10-14-3-2-8-18(14,11-22)15(23)24/h4-7,14H,2-3,8-11H2,1H3,(H,21,25)(H,23,24)/t14-,18+/m0/s1. The van der Waals surface area contributed by atoms with Crippen molar-refractivity contribution in [1.82, 2.24) is 10.2 Å². The molecular formula is C18H22F2N2O3. The van der Waals surface area contributed by atoms with Crippen molar-refractivity contribution >= 4 is 12.0 Å². The number of amides is 2. The Morgan fingerprint density at radius 1 is 1.36 bits per heavy atom. The third kappa shape index (κ3) is 3.32. The molecular weight excluding hydrogens is 330 g/mol. The van der Waals surface area contributed by atoms with Gasteiger partial charge in [-0.2, -0.15) is 0 Å². The van der Waals surface area contributed by atoms with Crippen LogP contribution in [0.2, 0.25) is 0 Å². The third-order valence-corrected chi connectivity index (χ3v) is 5.49. The molecule has 0 aromatic heterocycles. The minimum absolute atomic E-state index is 0.0156. The van der Waals surface area contributed by atoms with Gasteiger partial charge >= 0.3 is 12.0 Å². The Bertz CT molecular complexity index is 672. The Hall–Kier alpha value is -2.18. The number of nitrogens with zero attached hydrogens (tertiary/aromatic N) is 1. The van der Waals surface area contributed by atoms with Crippen LogP contribution in [0.1, 0.15) is 37.3 Å². The van der Waals surface area contributed by atoms with Crippen molar-refractivity contribution in [2.24, 2.45) is 11.3 Å². The number of alkyl halides is 2. The van der Waals surface area contributed by atoms with Crippen LogP contribution in [0.4, 0.5) is 13.6 Å². The van der Waals surface area contributed by atoms with Crippen LogP contribution in [-0.2, 0) is 17.3 Å². The highest BCUT2D eigenvalue weighted by molar-refractivity contribution is 5.80. The molecule has 0 radical (unpaired) electrons. The lowest BCUT2D eigenvalue weighted by Crippen LogP contribution is -2.41. The molecule has 2 N–H and O–H groups in total. The minimum atomic E-state index is -2.89. The Morgan fingerprint density at radius 3 is 2.60 bits per heavy atom. The summed E-state index contributed by atoms with van der Waals surface area (Å²) < 4.78 is 26.4. The van der Waals surface area contributed by atoms with Crippen molar-refractivity contribution in [2.75, 3.05) is 13.1 Å². The Kier molecular flexibility index (Phi) is 4.43. The number of rotatable bonds is 4. The van der Waals surface area contributed by atoms with Crippen LogP contribution in [0, 0.1) is 11.3 Å². The van der Waals surface area contributed by atoms with E-state index in [1.54, 1.807) is 17.0 Å². The van der Waals surface area contributed by atoms with E-state index in [9.17, 15) is 23.5 Å². The fraction of sp³-hybridized carbons (Fsp3) is 0.556. The number of urea groups is 1. The first-order chi connectivity index (χ1) is 11.7. The number of hydrogen-bond acceptors (Lipinski definition) is 2. The number of carbonyl (C=O) groups is 2. The number of carboxylic acid groups (broad SMARTS) is 1. The minimum Gasteiger partial charge on any atom is -0.481 e. The number of likely N-dealkylation sites (tertiary alicyclic amines) is 1. The average Bonchev–Trinajstić information content (AvgIpc) is 3.10. The van der Waals surface area contributed by atoms with Crippen LogP contribution in [-0.4, -0.2) is 35.1 Å². The molecule has 25 heavy (non-hydrogen) atoms. The third-order valence-electron chi connectivity index (χ3n) is 5.49. The predicted octanol–water partition coefficient (Wildman–Crippen LogP) is 3.19. The number of benzene rings is 1. The number of halogens is 2. The first kappa shape index (κ1) is 17.6. The zero-order valence-electron chi connectivity index (χ0n) is 14.1. The highest BCUT2D eigenvalue weighted by Gasteiger charge is 2.55. The maximum absolute atomic E-state index is 13.2. The Morgan fingerprint density at radius 2 is 2.04 bits per heavy atom. The normalized spacial score (nSPS) is 25.7. The largest absolute Gasteiger partial charge is 0.481 e. The van der Waals surface area contributed by atoms with Gasteiger partial charge in [-0.1, -0.05) is 30.7 Å². The molecule has 2 aliphatic rings. The summed E-state index contributed by atoms with van der Waals surface area (Å²) in [5.74, 6) is -3.69. The van der Waals surface area contributed by atoms with Gasteiger partial charge in [0.05, 0.1) is 5.41 Å². The highest BCUT2D eigenvalue weighted by atomic mass is 19.3. The van der Waals surface area contributed by atoms with Gasteiger partial charge in [0.2, 0.25) is 0 Å². The summed E-state index contributed by atoms with van der Waals surface area (Å²) in [6.07, 6.45) is 2.34. The first-order valence-electron chi connectivity index (χ1n) is 8.46. The number of nitrogens with one attached hydrogen (secondary N) is 1. The molecule has 2 atom stereocenters. The highest BCUT2D eigenvalue weighted by Crippen LogP contribution is 2.48. The fourth-order valence-electron chi connectivity index (χ4n) is 4.00. The number of fused-ring (bicyclic) bond motifs is 1. The van der Waals surface area contributed by atoms with Crippen LogP contribution in [0.3, 0.4) is 0 Å². The van der Waals surface area contributed by atoms with Gasteiger partial charge in [-0.15, -0.1) is 0 Å². The lowest BCUT2D eigenvalue weighted by molar-refractivity contribution is -0.149. The van der Waals surface area contributed by atoms with Crippen molar-refractivity contribution in [2.45, 2.75) is 38.7 Å². The van der Waals surface area contributed by atoms with Crippen LogP contribution < -0.4 is 5.32 Å². The second-order valence-corrected chi connectivity index (χ2v) is 7.17. The molecule has 1 saturated carbocycles. The van der Waals surface area contributed by atoms with E-state index in [0.29, 0.717) is 18.5 Å². The van der Waals surface area contributed by atoms with Crippen LogP contribution in [0.5, 0.6) is 0 Å². The van der Waals surface area contributed by atoms with E-state index >= 15 is 0 Å². The van der Waals surface area contributed by atoms with Crippen LogP contribution >= 0.6 is 0 Å². The summed E-state index contributed by atoms with van der Waals surface area (Å²) in [6, 6.07) is 5.51. The van der Waals surface area contributed by atoms with Crippen LogP contribution in [0.15, 0.2) is 24.3 Å². The molecule has 2 amide bonds. The van der Waals surface area contributed by atoms with Crippen molar-refractivity contribution < 1.29 is 23.5 Å². The average molecular weight is 352 g/mol. The maximum Gasteiger partial charge on any atom is 0.317 e. The fourth-order valence-corrected chi connectivity index (χ4v) is 4.00. The van der Waals surface area contributed by atoms with Crippen LogP contribution in [0.25, 0.3) is 0 Å². The van der Waals surface area contributed by atoms with Crippen molar-refractivity contribution in [3.63, 3.8) is 0 Å². The number of carbonyl (C=O) groups excluding carboxylic acids is 1. The molecule has 0 bridgehead atoms. The molecule has 1 aromatic rings. The van der Waals surface area contributed by atoms with E-state index < -0.39 is 17.3 Å². The predicted molar refractivity (Wildman–Crippen MR) is 87.2 cm³/mol. The van der Waals surface area contributed by atoms with Gasteiger partial charge in [-0.25, -0.2) is 13.6 Å². The molecule has 0 unspecified atom stereocenters. The van der Waals surface area contributed by atoms with Crippen molar-refractivity contribution in [1.29, 1.82) is 0 Å². The first-order valence-corrected chi connectivity index (χ1v) is 8.46. The van der Waals surface area contributed by atoms with E-state index in [0.717, 1.165) is 19.8 Å². The second-order valence-electron chi connectivity index (χ2n) is 7.17. The lowest BCUT2D eigenvalue weighted by atomic mass is 9.81.